The molecule has 0 saturated heterocycles. The van der Waals surface area contributed by atoms with E-state index in [1.54, 1.807) is 25.1 Å². The minimum absolute atomic E-state index is 0.159. The second-order valence-electron chi connectivity index (χ2n) is 9.64. The summed E-state index contributed by atoms with van der Waals surface area (Å²) >= 11 is 6.02. The van der Waals surface area contributed by atoms with Gasteiger partial charge in [0.05, 0.1) is 5.69 Å². The van der Waals surface area contributed by atoms with Gasteiger partial charge >= 0.3 is 0 Å². The first-order valence-corrected chi connectivity index (χ1v) is 11.6. The number of hydrogen-bond donors (Lipinski definition) is 1. The number of anilines is 1. The first-order chi connectivity index (χ1) is 16.0. The maximum absolute atomic E-state index is 13.6. The number of rotatable bonds is 6. The van der Waals surface area contributed by atoms with Gasteiger partial charge in [0, 0.05) is 28.1 Å². The normalized spacial score (nSPS) is 13.8. The second-order valence-corrected chi connectivity index (χ2v) is 10.1. The predicted octanol–water partition coefficient (Wildman–Crippen LogP) is 4.79. The van der Waals surface area contributed by atoms with E-state index >= 15 is 0 Å². The number of hydrogen-bond acceptors (Lipinski definition) is 3. The fraction of sp³-hybridized carbons (Fsp3) is 0.296. The van der Waals surface area contributed by atoms with Crippen LogP contribution in [0.25, 0.3) is 10.8 Å². The highest BCUT2D eigenvalue weighted by Crippen LogP contribution is 2.37. The molecular formula is C27H28ClN3O3. The molecule has 6 nitrogen and oxygen atoms in total. The van der Waals surface area contributed by atoms with Crippen LogP contribution in [0.4, 0.5) is 5.69 Å². The molecule has 3 aromatic carbocycles. The van der Waals surface area contributed by atoms with Crippen LogP contribution >= 0.6 is 11.6 Å². The van der Waals surface area contributed by atoms with E-state index in [0.29, 0.717) is 16.3 Å². The van der Waals surface area contributed by atoms with E-state index in [1.165, 1.54) is 9.80 Å². The third kappa shape index (κ3) is 4.77. The third-order valence-corrected chi connectivity index (χ3v) is 6.13. The Labute approximate surface area is 204 Å². The lowest BCUT2D eigenvalue weighted by molar-refractivity contribution is -0.140. The molecule has 1 aliphatic rings. The Hall–Kier alpha value is -3.38. The van der Waals surface area contributed by atoms with Gasteiger partial charge in [0.2, 0.25) is 11.8 Å². The van der Waals surface area contributed by atoms with Crippen LogP contribution < -0.4 is 10.2 Å². The van der Waals surface area contributed by atoms with Crippen molar-refractivity contribution in [3.8, 4) is 0 Å². The van der Waals surface area contributed by atoms with Crippen molar-refractivity contribution in [1.29, 1.82) is 0 Å². The standard InChI is InChI=1S/C27H28ClN3O3/c1-17(25(33)29-27(2,3)4)30(15-18-11-13-20(28)14-12-18)23(32)16-31-22-10-6-8-19-7-5-9-21(24(19)22)26(31)34/h5-14,17H,15-16H2,1-4H3,(H,29,33). The van der Waals surface area contributed by atoms with Crippen LogP contribution in [0, 0.1) is 0 Å². The molecule has 1 unspecified atom stereocenters. The molecule has 1 heterocycles. The van der Waals surface area contributed by atoms with E-state index in [2.05, 4.69) is 5.32 Å². The summed E-state index contributed by atoms with van der Waals surface area (Å²) in [6, 6.07) is 17.7. The lowest BCUT2D eigenvalue weighted by Crippen LogP contribution is -2.54. The second kappa shape index (κ2) is 9.11. The monoisotopic (exact) mass is 477 g/mol. The van der Waals surface area contributed by atoms with Gasteiger partial charge < -0.3 is 10.2 Å². The van der Waals surface area contributed by atoms with E-state index in [0.717, 1.165) is 16.3 Å². The van der Waals surface area contributed by atoms with Crippen molar-refractivity contribution >= 4 is 45.8 Å². The van der Waals surface area contributed by atoms with Gasteiger partial charge in [-0.2, -0.15) is 0 Å². The maximum Gasteiger partial charge on any atom is 0.259 e. The molecule has 0 fully saturated rings. The molecule has 0 bridgehead atoms. The summed E-state index contributed by atoms with van der Waals surface area (Å²) < 4.78 is 0. The topological polar surface area (TPSA) is 69.7 Å². The highest BCUT2D eigenvalue weighted by molar-refractivity contribution is 6.30. The fourth-order valence-electron chi connectivity index (χ4n) is 4.21. The highest BCUT2D eigenvalue weighted by atomic mass is 35.5. The molecule has 0 saturated carbocycles. The van der Waals surface area contributed by atoms with Crippen LogP contribution in [0.15, 0.2) is 60.7 Å². The Morgan fingerprint density at radius 1 is 1.03 bits per heavy atom. The Bertz CT molecular complexity index is 1260. The molecule has 0 radical (unpaired) electrons. The summed E-state index contributed by atoms with van der Waals surface area (Å²) in [4.78, 5) is 42.8. The van der Waals surface area contributed by atoms with Crippen molar-refractivity contribution in [3.63, 3.8) is 0 Å². The third-order valence-electron chi connectivity index (χ3n) is 5.87. The number of nitrogens with one attached hydrogen (secondary N) is 1. The summed E-state index contributed by atoms with van der Waals surface area (Å²) in [6.45, 7) is 7.44. The van der Waals surface area contributed by atoms with Crippen LogP contribution in [-0.2, 0) is 16.1 Å². The van der Waals surface area contributed by atoms with Gasteiger partial charge in [0.1, 0.15) is 12.6 Å². The number of halogens is 1. The molecule has 3 aromatic rings. The summed E-state index contributed by atoms with van der Waals surface area (Å²) in [5.41, 5.74) is 1.70. The molecule has 7 heteroatoms. The zero-order chi connectivity index (χ0) is 24.6. The smallest absolute Gasteiger partial charge is 0.259 e. The van der Waals surface area contributed by atoms with E-state index < -0.39 is 11.6 Å². The molecule has 3 amide bonds. The first-order valence-electron chi connectivity index (χ1n) is 11.2. The van der Waals surface area contributed by atoms with Gasteiger partial charge in [-0.25, -0.2) is 0 Å². The Morgan fingerprint density at radius 3 is 2.32 bits per heavy atom. The number of amides is 3. The molecular weight excluding hydrogens is 450 g/mol. The average Bonchev–Trinajstić information content (AvgIpc) is 3.05. The van der Waals surface area contributed by atoms with Gasteiger partial charge in [-0.1, -0.05) is 48.0 Å². The van der Waals surface area contributed by atoms with Crippen LogP contribution in [0.5, 0.6) is 0 Å². The van der Waals surface area contributed by atoms with Gasteiger partial charge in [-0.05, 0) is 62.9 Å². The van der Waals surface area contributed by atoms with E-state index in [9.17, 15) is 14.4 Å². The molecule has 0 spiro atoms. The first kappa shape index (κ1) is 23.8. The van der Waals surface area contributed by atoms with Crippen molar-refractivity contribution in [2.24, 2.45) is 0 Å². The minimum Gasteiger partial charge on any atom is -0.350 e. The van der Waals surface area contributed by atoms with Gasteiger partial charge in [-0.3, -0.25) is 19.3 Å². The summed E-state index contributed by atoms with van der Waals surface area (Å²) in [6.07, 6.45) is 0. The van der Waals surface area contributed by atoms with Crippen LogP contribution in [0.1, 0.15) is 43.6 Å². The summed E-state index contributed by atoms with van der Waals surface area (Å²) in [7, 11) is 0. The summed E-state index contributed by atoms with van der Waals surface area (Å²) in [5, 5.41) is 5.34. The summed E-state index contributed by atoms with van der Waals surface area (Å²) in [5.74, 6) is -0.781. The van der Waals surface area contributed by atoms with Crippen LogP contribution in [0.3, 0.4) is 0 Å². The van der Waals surface area contributed by atoms with Crippen molar-refractivity contribution in [2.45, 2.75) is 45.8 Å². The van der Waals surface area contributed by atoms with Crippen molar-refractivity contribution in [2.75, 3.05) is 11.4 Å². The Balaban J connectivity index is 1.63. The molecule has 1 aliphatic heterocycles. The van der Waals surface area contributed by atoms with E-state index in [4.69, 9.17) is 11.6 Å². The largest absolute Gasteiger partial charge is 0.350 e. The average molecular weight is 478 g/mol. The molecule has 1 atom stereocenters. The molecule has 34 heavy (non-hydrogen) atoms. The highest BCUT2D eigenvalue weighted by Gasteiger charge is 2.34. The van der Waals surface area contributed by atoms with Gasteiger partial charge in [-0.15, -0.1) is 0 Å². The zero-order valence-corrected chi connectivity index (χ0v) is 20.5. The number of nitrogens with zero attached hydrogens (tertiary/aromatic N) is 2. The van der Waals surface area contributed by atoms with Crippen molar-refractivity contribution < 1.29 is 14.4 Å². The molecule has 4 rings (SSSR count). The number of carbonyl (C=O) groups excluding carboxylic acids is 3. The van der Waals surface area contributed by atoms with E-state index in [1.807, 2.05) is 63.2 Å². The number of carbonyl (C=O) groups is 3. The Kier molecular flexibility index (Phi) is 6.36. The van der Waals surface area contributed by atoms with Gasteiger partial charge in [0.25, 0.3) is 5.91 Å². The fourth-order valence-corrected chi connectivity index (χ4v) is 4.33. The zero-order valence-electron chi connectivity index (χ0n) is 19.8. The number of benzene rings is 3. The SMILES string of the molecule is CC(C(=O)NC(C)(C)C)N(Cc1ccc(Cl)cc1)C(=O)CN1C(=O)c2cccc3cccc1c23. The lowest BCUT2D eigenvalue weighted by atomic mass is 10.1. The van der Waals surface area contributed by atoms with Crippen LogP contribution in [-0.4, -0.2) is 40.7 Å². The van der Waals surface area contributed by atoms with Crippen molar-refractivity contribution in [1.82, 2.24) is 10.2 Å². The van der Waals surface area contributed by atoms with Gasteiger partial charge in [0.15, 0.2) is 0 Å². The quantitative estimate of drug-likeness (QED) is 0.555. The minimum atomic E-state index is -0.738. The maximum atomic E-state index is 13.6. The molecule has 0 aromatic heterocycles. The molecule has 1 N–H and O–H groups in total. The molecule has 0 aliphatic carbocycles. The predicted molar refractivity (Wildman–Crippen MR) is 135 cm³/mol. The van der Waals surface area contributed by atoms with Crippen molar-refractivity contribution in [3.05, 3.63) is 76.8 Å². The molecule has 176 valence electrons. The Morgan fingerprint density at radius 2 is 1.68 bits per heavy atom. The lowest BCUT2D eigenvalue weighted by Gasteiger charge is -2.32. The van der Waals surface area contributed by atoms with Crippen LogP contribution in [0.2, 0.25) is 5.02 Å². The van der Waals surface area contributed by atoms with E-state index in [-0.39, 0.29) is 30.8 Å².